The minimum Gasteiger partial charge on any atom is -0.199 e. The number of rotatable bonds is 1. The molecule has 0 fully saturated rings. The quantitative estimate of drug-likeness (QED) is 0.530. The van der Waals surface area contributed by atoms with E-state index in [1.54, 1.807) is 13.2 Å². The van der Waals surface area contributed by atoms with Gasteiger partial charge in [-0.05, 0) is 17.6 Å². The normalized spacial score (nSPS) is 10.6. The Bertz CT molecular complexity index is 167. The predicted molar refractivity (Wildman–Crippen MR) is 32.6 cm³/mol. The Morgan fingerprint density at radius 1 is 1.75 bits per heavy atom. The first-order valence-corrected chi connectivity index (χ1v) is 2.91. The van der Waals surface area contributed by atoms with Crippen LogP contribution in [0.4, 0.5) is 5.00 Å². The predicted octanol–water partition coefficient (Wildman–Crippen LogP) is 1.86. The van der Waals surface area contributed by atoms with Gasteiger partial charge in [-0.3, -0.25) is 0 Å². The van der Waals surface area contributed by atoms with Crippen molar-refractivity contribution in [2.75, 3.05) is 7.05 Å². The van der Waals surface area contributed by atoms with E-state index in [1.807, 2.05) is 6.07 Å². The van der Waals surface area contributed by atoms with E-state index in [0.717, 1.165) is 5.00 Å². The Morgan fingerprint density at radius 2 is 2.62 bits per heavy atom. The lowest BCUT2D eigenvalue weighted by Gasteiger charge is -1.72. The second-order valence-corrected chi connectivity index (χ2v) is 1.96. The first kappa shape index (κ1) is 5.37. The highest BCUT2D eigenvalue weighted by Crippen LogP contribution is 2.15. The first-order chi connectivity index (χ1) is 3.93. The molecule has 1 aromatic rings. The molecule has 0 spiro atoms. The fraction of sp³-hybridized carbons (Fsp3) is 0.250. The molecule has 0 aliphatic rings. The third kappa shape index (κ3) is 1.10. The average Bonchev–Trinajstić information content (AvgIpc) is 2.19. The van der Waals surface area contributed by atoms with Gasteiger partial charge >= 0.3 is 0 Å². The average molecular weight is 127 g/mol. The molecule has 0 aliphatic carbocycles. The van der Waals surface area contributed by atoms with Gasteiger partial charge in [-0.25, -0.2) is 0 Å². The fourth-order valence-electron chi connectivity index (χ4n) is 0.359. The van der Waals surface area contributed by atoms with Gasteiger partial charge in [0.1, 0.15) is 0 Å². The van der Waals surface area contributed by atoms with Crippen molar-refractivity contribution in [3.8, 4) is 0 Å². The van der Waals surface area contributed by atoms with Crippen LogP contribution >= 0.6 is 11.5 Å². The molecule has 0 saturated heterocycles. The van der Waals surface area contributed by atoms with Crippen LogP contribution in [0.2, 0.25) is 0 Å². The van der Waals surface area contributed by atoms with Gasteiger partial charge < -0.3 is 0 Å². The van der Waals surface area contributed by atoms with E-state index < -0.39 is 0 Å². The smallest absolute Gasteiger partial charge is 0.158 e. The number of hydrogen-bond acceptors (Lipinski definition) is 4. The molecule has 0 N–H and O–H groups in total. The van der Waals surface area contributed by atoms with E-state index in [4.69, 9.17) is 0 Å². The Kier molecular flexibility index (Phi) is 1.69. The topological polar surface area (TPSA) is 37.6 Å². The molecule has 1 aromatic heterocycles. The van der Waals surface area contributed by atoms with Gasteiger partial charge in [0, 0.05) is 13.2 Å². The van der Waals surface area contributed by atoms with Crippen molar-refractivity contribution < 1.29 is 0 Å². The molecule has 4 heteroatoms. The minimum atomic E-state index is 0.854. The molecular weight excluding hydrogens is 122 g/mol. The molecule has 42 valence electrons. The summed E-state index contributed by atoms with van der Waals surface area (Å²) >= 11 is 1.34. The Hall–Kier alpha value is -0.770. The van der Waals surface area contributed by atoms with Crippen molar-refractivity contribution in [2.24, 2.45) is 10.2 Å². The summed E-state index contributed by atoms with van der Waals surface area (Å²) < 4.78 is 3.83. The van der Waals surface area contributed by atoms with Crippen LogP contribution in [0.15, 0.2) is 22.5 Å². The van der Waals surface area contributed by atoms with Gasteiger partial charge in [0.2, 0.25) is 0 Å². The largest absolute Gasteiger partial charge is 0.199 e. The lowest BCUT2D eigenvalue weighted by atomic mass is 10.7. The molecule has 0 amide bonds. The Balaban J connectivity index is 2.77. The van der Waals surface area contributed by atoms with Crippen LogP contribution in [-0.2, 0) is 0 Å². The lowest BCUT2D eigenvalue weighted by molar-refractivity contribution is 1.19. The van der Waals surface area contributed by atoms with Crippen molar-refractivity contribution in [1.82, 2.24) is 4.37 Å². The van der Waals surface area contributed by atoms with Crippen LogP contribution in [0.25, 0.3) is 0 Å². The second kappa shape index (κ2) is 2.52. The summed E-state index contributed by atoms with van der Waals surface area (Å²) in [5.74, 6) is 0. The molecule has 0 radical (unpaired) electrons. The van der Waals surface area contributed by atoms with Crippen molar-refractivity contribution in [1.29, 1.82) is 0 Å². The number of hydrogen-bond donors (Lipinski definition) is 0. The van der Waals surface area contributed by atoms with E-state index in [9.17, 15) is 0 Å². The summed E-state index contributed by atoms with van der Waals surface area (Å²) in [4.78, 5) is 0. The third-order valence-corrected chi connectivity index (χ3v) is 1.25. The molecule has 0 bridgehead atoms. The van der Waals surface area contributed by atoms with Crippen LogP contribution < -0.4 is 0 Å². The minimum absolute atomic E-state index is 0.854. The summed E-state index contributed by atoms with van der Waals surface area (Å²) in [5, 5.41) is 8.18. The monoisotopic (exact) mass is 127 g/mol. The van der Waals surface area contributed by atoms with Crippen LogP contribution in [0.3, 0.4) is 0 Å². The van der Waals surface area contributed by atoms with E-state index in [2.05, 4.69) is 14.6 Å². The maximum atomic E-state index is 3.83. The Labute approximate surface area is 51.2 Å². The molecule has 1 heterocycles. The van der Waals surface area contributed by atoms with E-state index in [0.29, 0.717) is 0 Å². The fourth-order valence-corrected chi connectivity index (χ4v) is 0.829. The molecular formula is C4H5N3S. The Morgan fingerprint density at radius 3 is 3.12 bits per heavy atom. The zero-order chi connectivity index (χ0) is 5.82. The number of azo groups is 1. The van der Waals surface area contributed by atoms with Crippen LogP contribution in [0.5, 0.6) is 0 Å². The SMILES string of the molecule is CN=Nc1ccns1. The van der Waals surface area contributed by atoms with Crippen LogP contribution in [0, 0.1) is 0 Å². The van der Waals surface area contributed by atoms with E-state index >= 15 is 0 Å². The van der Waals surface area contributed by atoms with Crippen molar-refractivity contribution in [3.63, 3.8) is 0 Å². The molecule has 0 unspecified atom stereocenters. The van der Waals surface area contributed by atoms with Gasteiger partial charge in [-0.2, -0.15) is 9.49 Å². The van der Waals surface area contributed by atoms with Crippen molar-refractivity contribution in [2.45, 2.75) is 0 Å². The van der Waals surface area contributed by atoms with Gasteiger partial charge in [0.25, 0.3) is 0 Å². The standard InChI is InChI=1S/C4H5N3S/c1-5-7-4-2-3-6-8-4/h2-3H,1H3. The summed E-state index contributed by atoms with van der Waals surface area (Å²) in [6, 6.07) is 1.82. The van der Waals surface area contributed by atoms with Gasteiger partial charge in [-0.1, -0.05) is 0 Å². The van der Waals surface area contributed by atoms with Crippen LogP contribution in [-0.4, -0.2) is 11.4 Å². The van der Waals surface area contributed by atoms with Gasteiger partial charge in [0.15, 0.2) is 5.00 Å². The molecule has 0 atom stereocenters. The zero-order valence-corrected chi connectivity index (χ0v) is 5.22. The van der Waals surface area contributed by atoms with Crippen LogP contribution in [0.1, 0.15) is 0 Å². The highest BCUT2D eigenvalue weighted by atomic mass is 32.1. The zero-order valence-electron chi connectivity index (χ0n) is 4.40. The van der Waals surface area contributed by atoms with Gasteiger partial charge in [-0.15, -0.1) is 5.11 Å². The maximum absolute atomic E-state index is 3.83. The van der Waals surface area contributed by atoms with E-state index in [1.165, 1.54) is 11.5 Å². The maximum Gasteiger partial charge on any atom is 0.158 e. The third-order valence-electron chi connectivity index (χ3n) is 0.623. The summed E-state index contributed by atoms with van der Waals surface area (Å²) in [6.07, 6.45) is 1.70. The van der Waals surface area contributed by atoms with Crippen molar-refractivity contribution in [3.05, 3.63) is 12.3 Å². The number of aromatic nitrogens is 1. The molecule has 1 rings (SSSR count). The molecule has 3 nitrogen and oxygen atoms in total. The highest BCUT2D eigenvalue weighted by Gasteiger charge is 1.84. The number of nitrogens with zero attached hydrogens (tertiary/aromatic N) is 3. The summed E-state index contributed by atoms with van der Waals surface area (Å²) in [5.41, 5.74) is 0. The second-order valence-electron chi connectivity index (χ2n) is 1.15. The molecule has 0 aliphatic heterocycles. The lowest BCUT2D eigenvalue weighted by Crippen LogP contribution is -1.43. The molecule has 0 saturated carbocycles. The highest BCUT2D eigenvalue weighted by molar-refractivity contribution is 7.09. The first-order valence-electron chi connectivity index (χ1n) is 2.14. The van der Waals surface area contributed by atoms with Gasteiger partial charge in [0.05, 0.1) is 0 Å². The summed E-state index contributed by atoms with van der Waals surface area (Å²) in [7, 11) is 1.64. The summed E-state index contributed by atoms with van der Waals surface area (Å²) in [6.45, 7) is 0. The molecule has 8 heavy (non-hydrogen) atoms. The van der Waals surface area contributed by atoms with Crippen molar-refractivity contribution >= 4 is 16.5 Å². The van der Waals surface area contributed by atoms with E-state index in [-0.39, 0.29) is 0 Å². The molecule has 0 aromatic carbocycles.